The van der Waals surface area contributed by atoms with Crippen molar-refractivity contribution < 1.29 is 14.3 Å². The fourth-order valence-corrected chi connectivity index (χ4v) is 3.28. The van der Waals surface area contributed by atoms with Crippen molar-refractivity contribution in [2.75, 3.05) is 0 Å². The monoisotopic (exact) mass is 266 g/mol. The maximum atomic E-state index is 13.5. The molecule has 3 rings (SSSR count). The van der Waals surface area contributed by atoms with E-state index in [0.717, 1.165) is 24.8 Å². The third-order valence-electron chi connectivity index (χ3n) is 3.93. The molecule has 0 aromatic heterocycles. The molecule has 1 N–H and O–H groups in total. The van der Waals surface area contributed by atoms with Gasteiger partial charge in [0, 0.05) is 5.92 Å². The fourth-order valence-electron chi connectivity index (χ4n) is 3.07. The summed E-state index contributed by atoms with van der Waals surface area (Å²) < 4.78 is 13.5. The van der Waals surface area contributed by atoms with Gasteiger partial charge in [-0.25, -0.2) is 4.39 Å². The van der Waals surface area contributed by atoms with Gasteiger partial charge < -0.3 is 5.11 Å². The normalized spacial score (nSPS) is 26.3. The van der Waals surface area contributed by atoms with Crippen LogP contribution in [0.25, 0.3) is 5.57 Å². The molecular weight excluding hydrogens is 255 g/mol. The van der Waals surface area contributed by atoms with Crippen LogP contribution in [-0.4, -0.2) is 10.9 Å². The summed E-state index contributed by atoms with van der Waals surface area (Å²) >= 11 is 5.77. The van der Waals surface area contributed by atoms with Crippen molar-refractivity contribution >= 4 is 23.0 Å². The van der Waals surface area contributed by atoms with Crippen molar-refractivity contribution in [2.45, 2.75) is 19.3 Å². The summed E-state index contributed by atoms with van der Waals surface area (Å²) in [5.74, 6) is -0.883. The molecule has 18 heavy (non-hydrogen) atoms. The molecule has 2 aliphatic rings. The fraction of sp³-hybridized carbons (Fsp3) is 0.357. The number of allylic oxidation sites excluding steroid dienone is 2. The van der Waals surface area contributed by atoms with Gasteiger partial charge in [-0.2, -0.15) is 0 Å². The third-order valence-corrected chi connectivity index (χ3v) is 4.22. The third kappa shape index (κ3) is 1.65. The number of phenolic OH excluding ortho intramolecular Hbond substituents is 1. The highest BCUT2D eigenvalue weighted by Gasteiger charge is 2.39. The van der Waals surface area contributed by atoms with E-state index in [1.54, 1.807) is 6.08 Å². The first-order chi connectivity index (χ1) is 8.58. The van der Waals surface area contributed by atoms with Gasteiger partial charge in [0.2, 0.25) is 0 Å². The van der Waals surface area contributed by atoms with Crippen LogP contribution in [0.15, 0.2) is 18.2 Å². The average Bonchev–Trinajstić information content (AvgIpc) is 2.90. The van der Waals surface area contributed by atoms with Crippen LogP contribution in [0.2, 0.25) is 5.02 Å². The zero-order chi connectivity index (χ0) is 12.9. The van der Waals surface area contributed by atoms with E-state index in [1.165, 1.54) is 12.1 Å². The summed E-state index contributed by atoms with van der Waals surface area (Å²) in [7, 11) is 0. The molecule has 4 heteroatoms. The molecule has 0 heterocycles. The molecule has 0 saturated heterocycles. The smallest absolute Gasteiger partial charge is 0.170 e. The van der Waals surface area contributed by atoms with Crippen LogP contribution < -0.4 is 0 Å². The number of benzene rings is 1. The Bertz CT molecular complexity index is 542. The second-order valence-corrected chi connectivity index (χ2v) is 5.34. The first-order valence-electron chi connectivity index (χ1n) is 6.01. The van der Waals surface area contributed by atoms with Crippen LogP contribution in [0.3, 0.4) is 0 Å². The van der Waals surface area contributed by atoms with Gasteiger partial charge in [-0.1, -0.05) is 18.0 Å². The van der Waals surface area contributed by atoms with Crippen LogP contribution >= 0.6 is 11.6 Å². The Balaban J connectivity index is 2.06. The van der Waals surface area contributed by atoms with Gasteiger partial charge in [0.05, 0.1) is 5.02 Å². The Morgan fingerprint density at radius 1 is 1.28 bits per heavy atom. The predicted molar refractivity (Wildman–Crippen MR) is 66.9 cm³/mol. The lowest BCUT2D eigenvalue weighted by Gasteiger charge is -2.14. The quantitative estimate of drug-likeness (QED) is 0.844. The van der Waals surface area contributed by atoms with Gasteiger partial charge in [0.25, 0.3) is 0 Å². The Labute approximate surface area is 109 Å². The number of halogens is 2. The number of rotatable bonds is 1. The van der Waals surface area contributed by atoms with Gasteiger partial charge in [0.1, 0.15) is 0 Å². The molecule has 1 aromatic carbocycles. The number of hydrogen-bond donors (Lipinski definition) is 1. The molecule has 0 aliphatic heterocycles. The Morgan fingerprint density at radius 2 is 2.00 bits per heavy atom. The molecular formula is C14H12ClFO2. The maximum Gasteiger partial charge on any atom is 0.170 e. The van der Waals surface area contributed by atoms with Gasteiger partial charge >= 0.3 is 0 Å². The highest BCUT2D eigenvalue weighted by Crippen LogP contribution is 2.47. The number of carbonyl (C=O) groups is 1. The molecule has 2 unspecified atom stereocenters. The molecule has 0 radical (unpaired) electrons. The molecule has 2 atom stereocenters. The minimum Gasteiger partial charge on any atom is -0.504 e. The molecule has 1 aromatic rings. The van der Waals surface area contributed by atoms with Gasteiger partial charge in [0.15, 0.2) is 17.3 Å². The number of aromatic hydroxyl groups is 1. The molecule has 2 nitrogen and oxygen atoms in total. The van der Waals surface area contributed by atoms with E-state index in [1.807, 2.05) is 0 Å². The van der Waals surface area contributed by atoms with E-state index in [2.05, 4.69) is 0 Å². The number of ketones is 1. The highest BCUT2D eigenvalue weighted by molar-refractivity contribution is 6.32. The van der Waals surface area contributed by atoms with E-state index < -0.39 is 11.6 Å². The SMILES string of the molecule is O=C1C=C(c2cc(F)c(O)c(Cl)c2)C2CCCC12. The zero-order valence-electron chi connectivity index (χ0n) is 9.62. The number of hydrogen-bond acceptors (Lipinski definition) is 2. The van der Waals surface area contributed by atoms with Crippen LogP contribution in [-0.2, 0) is 4.79 Å². The standard InChI is InChI=1S/C14H12ClFO2/c15-11-4-7(5-12(16)14(11)18)10-6-13(17)9-3-1-2-8(9)10/h4-6,8-9,18H,1-3H2. The summed E-state index contributed by atoms with van der Waals surface area (Å²) in [5, 5.41) is 9.31. The highest BCUT2D eigenvalue weighted by atomic mass is 35.5. The molecule has 0 bridgehead atoms. The van der Waals surface area contributed by atoms with Crippen molar-refractivity contribution in [3.05, 3.63) is 34.6 Å². The lowest BCUT2D eigenvalue weighted by atomic mass is 9.90. The summed E-state index contributed by atoms with van der Waals surface area (Å²) in [5.41, 5.74) is 1.47. The van der Waals surface area contributed by atoms with E-state index in [4.69, 9.17) is 11.6 Å². The molecule has 0 spiro atoms. The van der Waals surface area contributed by atoms with Crippen LogP contribution in [0.1, 0.15) is 24.8 Å². The van der Waals surface area contributed by atoms with Crippen molar-refractivity contribution in [1.82, 2.24) is 0 Å². The van der Waals surface area contributed by atoms with Gasteiger partial charge in [-0.05, 0) is 48.1 Å². The van der Waals surface area contributed by atoms with E-state index in [-0.39, 0.29) is 22.6 Å². The number of carbonyl (C=O) groups excluding carboxylic acids is 1. The van der Waals surface area contributed by atoms with Crippen LogP contribution in [0.5, 0.6) is 5.75 Å². The molecule has 0 amide bonds. The van der Waals surface area contributed by atoms with Crippen molar-refractivity contribution in [3.8, 4) is 5.75 Å². The van der Waals surface area contributed by atoms with E-state index >= 15 is 0 Å². The second kappa shape index (κ2) is 4.09. The molecule has 2 aliphatic carbocycles. The summed E-state index contributed by atoms with van der Waals surface area (Å²) in [6, 6.07) is 2.78. The van der Waals surface area contributed by atoms with E-state index in [0.29, 0.717) is 5.56 Å². The lowest BCUT2D eigenvalue weighted by Crippen LogP contribution is -2.09. The Morgan fingerprint density at radius 3 is 2.72 bits per heavy atom. The van der Waals surface area contributed by atoms with Crippen LogP contribution in [0, 0.1) is 17.7 Å². The Kier molecular flexibility index (Phi) is 2.67. The van der Waals surface area contributed by atoms with Gasteiger partial charge in [-0.15, -0.1) is 0 Å². The number of phenols is 1. The van der Waals surface area contributed by atoms with Gasteiger partial charge in [-0.3, -0.25) is 4.79 Å². The summed E-state index contributed by atoms with van der Waals surface area (Å²) in [4.78, 5) is 11.8. The molecule has 94 valence electrons. The van der Waals surface area contributed by atoms with Crippen molar-refractivity contribution in [3.63, 3.8) is 0 Å². The van der Waals surface area contributed by atoms with E-state index in [9.17, 15) is 14.3 Å². The number of fused-ring (bicyclic) bond motifs is 1. The van der Waals surface area contributed by atoms with Crippen LogP contribution in [0.4, 0.5) is 4.39 Å². The van der Waals surface area contributed by atoms with Crippen molar-refractivity contribution in [1.29, 1.82) is 0 Å². The topological polar surface area (TPSA) is 37.3 Å². The first-order valence-corrected chi connectivity index (χ1v) is 6.39. The first kappa shape index (κ1) is 11.7. The summed E-state index contributed by atoms with van der Waals surface area (Å²) in [6.45, 7) is 0. The maximum absolute atomic E-state index is 13.5. The minimum absolute atomic E-state index is 0.0141. The molecule has 1 fully saturated rings. The largest absolute Gasteiger partial charge is 0.504 e. The second-order valence-electron chi connectivity index (χ2n) is 4.93. The van der Waals surface area contributed by atoms with Crippen molar-refractivity contribution in [2.24, 2.45) is 11.8 Å². The molecule has 1 saturated carbocycles. The minimum atomic E-state index is -0.743. The Hall–Kier alpha value is -1.35. The summed E-state index contributed by atoms with van der Waals surface area (Å²) in [6.07, 6.45) is 4.52. The zero-order valence-corrected chi connectivity index (χ0v) is 10.4. The lowest BCUT2D eigenvalue weighted by molar-refractivity contribution is -0.117. The average molecular weight is 267 g/mol. The predicted octanol–water partition coefficient (Wildman–Crippen LogP) is 3.57.